The highest BCUT2D eigenvalue weighted by Gasteiger charge is 2.21. The lowest BCUT2D eigenvalue weighted by Crippen LogP contribution is -2.10. The summed E-state index contributed by atoms with van der Waals surface area (Å²) >= 11 is 0. The molecule has 1 saturated heterocycles. The summed E-state index contributed by atoms with van der Waals surface area (Å²) in [5.74, 6) is 0.540. The average molecular weight is 376 g/mol. The third-order valence-corrected chi connectivity index (χ3v) is 3.73. The molecule has 0 aliphatic carbocycles. The first kappa shape index (κ1) is 18.5. The zero-order valence-electron chi connectivity index (χ0n) is 14.1. The molecule has 0 amide bonds. The molecule has 0 unspecified atom stereocenters. The average Bonchev–Trinajstić information content (AvgIpc) is 3.20. The molecule has 1 aliphatic rings. The van der Waals surface area contributed by atoms with Crippen LogP contribution in [-0.2, 0) is 9.47 Å². The Labute approximate surface area is 153 Å². The summed E-state index contributed by atoms with van der Waals surface area (Å²) in [5, 5.41) is 21.8. The van der Waals surface area contributed by atoms with E-state index in [1.807, 2.05) is 12.1 Å². The van der Waals surface area contributed by atoms with Crippen molar-refractivity contribution in [3.8, 4) is 11.5 Å². The molecule has 3 rings (SSSR count). The monoisotopic (exact) mass is 376 g/mol. The molecule has 2 aromatic carbocycles. The molecule has 1 heterocycles. The Hall–Kier alpha value is -3.24. The molecule has 0 N–H and O–H groups in total. The minimum Gasteiger partial charge on any atom is -0.490 e. The van der Waals surface area contributed by atoms with E-state index in [0.717, 1.165) is 17.7 Å². The van der Waals surface area contributed by atoms with Crippen molar-refractivity contribution in [3.63, 3.8) is 0 Å². The molecule has 0 bridgehead atoms. The number of hydrogen-bond donors (Lipinski definition) is 0. The molecule has 142 valence electrons. The Morgan fingerprint density at radius 2 is 1.59 bits per heavy atom. The second kappa shape index (κ2) is 8.43. The molecule has 2 aromatic rings. The number of nitro benzene ring substituents is 2. The van der Waals surface area contributed by atoms with Gasteiger partial charge in [-0.2, -0.15) is 0 Å². The number of nitro groups is 2. The van der Waals surface area contributed by atoms with Gasteiger partial charge in [0.2, 0.25) is 0 Å². The van der Waals surface area contributed by atoms with E-state index in [2.05, 4.69) is 0 Å². The fourth-order valence-corrected chi connectivity index (χ4v) is 2.47. The Kier molecular flexibility index (Phi) is 5.79. The van der Waals surface area contributed by atoms with Crippen LogP contribution >= 0.6 is 0 Å². The summed E-state index contributed by atoms with van der Waals surface area (Å²) in [6.07, 6.45) is -0.356. The van der Waals surface area contributed by atoms with E-state index in [0.29, 0.717) is 19.0 Å². The normalized spacial score (nSPS) is 14.1. The topological polar surface area (TPSA) is 123 Å². The third-order valence-electron chi connectivity index (χ3n) is 3.73. The van der Waals surface area contributed by atoms with Gasteiger partial charge in [-0.05, 0) is 18.2 Å². The zero-order valence-corrected chi connectivity index (χ0v) is 14.1. The summed E-state index contributed by atoms with van der Waals surface area (Å²) in [5.41, 5.74) is 0.0448. The van der Waals surface area contributed by atoms with Crippen LogP contribution in [0.5, 0.6) is 11.5 Å². The van der Waals surface area contributed by atoms with Crippen molar-refractivity contribution >= 4 is 11.4 Å². The van der Waals surface area contributed by atoms with Crippen molar-refractivity contribution in [1.82, 2.24) is 0 Å². The first-order valence-corrected chi connectivity index (χ1v) is 8.06. The highest BCUT2D eigenvalue weighted by molar-refractivity contribution is 5.53. The van der Waals surface area contributed by atoms with E-state index in [9.17, 15) is 20.2 Å². The van der Waals surface area contributed by atoms with Crippen LogP contribution in [0.2, 0.25) is 0 Å². The zero-order chi connectivity index (χ0) is 19.2. The standard InChI is InChI=1S/C17H16N2O8/c20-18(21)13-3-6-16(15(11-13)19(22)23)25-8-7-24-14-4-1-12(2-5-14)17-26-9-10-27-17/h1-6,11,17H,7-10H2. The largest absolute Gasteiger partial charge is 0.490 e. The van der Waals surface area contributed by atoms with Crippen LogP contribution in [0.25, 0.3) is 0 Å². The Morgan fingerprint density at radius 1 is 0.926 bits per heavy atom. The van der Waals surface area contributed by atoms with E-state index >= 15 is 0 Å². The van der Waals surface area contributed by atoms with Crippen molar-refractivity contribution in [2.75, 3.05) is 26.4 Å². The van der Waals surface area contributed by atoms with Crippen LogP contribution in [0.4, 0.5) is 11.4 Å². The maximum Gasteiger partial charge on any atom is 0.317 e. The van der Waals surface area contributed by atoms with Crippen molar-refractivity contribution in [2.24, 2.45) is 0 Å². The molecule has 0 aromatic heterocycles. The third kappa shape index (κ3) is 4.68. The van der Waals surface area contributed by atoms with Gasteiger partial charge in [-0.1, -0.05) is 12.1 Å². The number of benzene rings is 2. The fourth-order valence-electron chi connectivity index (χ4n) is 2.47. The number of hydrogen-bond acceptors (Lipinski definition) is 8. The van der Waals surface area contributed by atoms with Gasteiger partial charge in [0.05, 0.1) is 29.1 Å². The molecule has 1 aliphatic heterocycles. The molecule has 0 saturated carbocycles. The molecule has 0 radical (unpaired) electrons. The lowest BCUT2D eigenvalue weighted by molar-refractivity contribution is -0.394. The Bertz CT molecular complexity index is 818. The molecule has 10 heteroatoms. The van der Waals surface area contributed by atoms with E-state index in [1.165, 1.54) is 6.07 Å². The van der Waals surface area contributed by atoms with Crippen LogP contribution in [0.1, 0.15) is 11.9 Å². The Morgan fingerprint density at radius 3 is 2.22 bits per heavy atom. The molecular formula is C17H16N2O8. The second-order valence-electron chi connectivity index (χ2n) is 5.51. The van der Waals surface area contributed by atoms with E-state index < -0.39 is 15.5 Å². The van der Waals surface area contributed by atoms with Gasteiger partial charge < -0.3 is 18.9 Å². The molecular weight excluding hydrogens is 360 g/mol. The first-order valence-electron chi connectivity index (χ1n) is 8.06. The maximum atomic E-state index is 11.0. The highest BCUT2D eigenvalue weighted by atomic mass is 16.7. The van der Waals surface area contributed by atoms with Gasteiger partial charge in [-0.3, -0.25) is 20.2 Å². The van der Waals surface area contributed by atoms with Gasteiger partial charge in [0.15, 0.2) is 12.0 Å². The SMILES string of the molecule is O=[N+]([O-])c1ccc(OCCOc2ccc(C3OCCO3)cc2)c([N+](=O)[O-])c1. The summed E-state index contributed by atoms with van der Waals surface area (Å²) in [6.45, 7) is 1.31. The summed E-state index contributed by atoms with van der Waals surface area (Å²) in [7, 11) is 0. The predicted molar refractivity (Wildman–Crippen MR) is 91.8 cm³/mol. The lowest BCUT2D eigenvalue weighted by atomic mass is 10.2. The molecule has 1 fully saturated rings. The van der Waals surface area contributed by atoms with Crippen LogP contribution in [0.3, 0.4) is 0 Å². The number of non-ortho nitro benzene ring substituents is 1. The van der Waals surface area contributed by atoms with Gasteiger partial charge in [-0.15, -0.1) is 0 Å². The molecule has 10 nitrogen and oxygen atoms in total. The minimum absolute atomic E-state index is 0.0370. The van der Waals surface area contributed by atoms with Crippen molar-refractivity contribution in [3.05, 3.63) is 68.3 Å². The number of ether oxygens (including phenoxy) is 4. The summed E-state index contributed by atoms with van der Waals surface area (Å²) in [6, 6.07) is 10.4. The van der Waals surface area contributed by atoms with Crippen LogP contribution in [-0.4, -0.2) is 36.3 Å². The first-order chi connectivity index (χ1) is 13.0. The fraction of sp³-hybridized carbons (Fsp3) is 0.294. The quantitative estimate of drug-likeness (QED) is 0.391. The van der Waals surface area contributed by atoms with Gasteiger partial charge in [0, 0.05) is 11.6 Å². The van der Waals surface area contributed by atoms with Crippen molar-refractivity contribution in [1.29, 1.82) is 0 Å². The van der Waals surface area contributed by atoms with Gasteiger partial charge in [0.1, 0.15) is 19.0 Å². The van der Waals surface area contributed by atoms with Gasteiger partial charge >= 0.3 is 5.69 Å². The second-order valence-corrected chi connectivity index (χ2v) is 5.51. The summed E-state index contributed by atoms with van der Waals surface area (Å²) in [4.78, 5) is 20.3. The van der Waals surface area contributed by atoms with Gasteiger partial charge in [0.25, 0.3) is 5.69 Å². The predicted octanol–water partition coefficient (Wildman–Crippen LogP) is 3.01. The minimum atomic E-state index is -0.727. The van der Waals surface area contributed by atoms with E-state index in [4.69, 9.17) is 18.9 Å². The lowest BCUT2D eigenvalue weighted by Gasteiger charge is -2.11. The number of nitrogens with zero attached hydrogens (tertiary/aromatic N) is 2. The van der Waals surface area contributed by atoms with Crippen molar-refractivity contribution in [2.45, 2.75) is 6.29 Å². The smallest absolute Gasteiger partial charge is 0.317 e. The van der Waals surface area contributed by atoms with E-state index in [-0.39, 0.29) is 30.9 Å². The molecule has 0 spiro atoms. The number of rotatable bonds is 8. The van der Waals surface area contributed by atoms with Gasteiger partial charge in [-0.25, -0.2) is 0 Å². The molecule has 0 atom stereocenters. The van der Waals surface area contributed by atoms with Crippen LogP contribution in [0.15, 0.2) is 42.5 Å². The summed E-state index contributed by atoms with van der Waals surface area (Å²) < 4.78 is 21.7. The van der Waals surface area contributed by atoms with Crippen LogP contribution < -0.4 is 9.47 Å². The van der Waals surface area contributed by atoms with Crippen molar-refractivity contribution < 1.29 is 28.8 Å². The van der Waals surface area contributed by atoms with E-state index in [1.54, 1.807) is 12.1 Å². The molecule has 27 heavy (non-hydrogen) atoms. The Balaban J connectivity index is 1.52. The maximum absolute atomic E-state index is 11.0. The highest BCUT2D eigenvalue weighted by Crippen LogP contribution is 2.31. The van der Waals surface area contributed by atoms with Crippen LogP contribution in [0, 0.1) is 20.2 Å².